The number of benzene rings is 1. The second kappa shape index (κ2) is 6.79. The smallest absolute Gasteiger partial charge is 0.156 e. The van der Waals surface area contributed by atoms with Crippen LogP contribution in [0.25, 0.3) is 22.4 Å². The first-order valence-corrected chi connectivity index (χ1v) is 8.59. The Kier molecular flexibility index (Phi) is 4.36. The molecule has 0 unspecified atom stereocenters. The van der Waals surface area contributed by atoms with Crippen LogP contribution in [0.4, 0.5) is 0 Å². The van der Waals surface area contributed by atoms with Crippen LogP contribution >= 0.6 is 0 Å². The lowest BCUT2D eigenvalue weighted by molar-refractivity contribution is 0.0547. The lowest BCUT2D eigenvalue weighted by Gasteiger charge is -2.22. The van der Waals surface area contributed by atoms with Crippen molar-refractivity contribution in [2.24, 2.45) is 13.0 Å². The molecule has 1 N–H and O–H groups in total. The van der Waals surface area contributed by atoms with Gasteiger partial charge >= 0.3 is 0 Å². The summed E-state index contributed by atoms with van der Waals surface area (Å²) >= 11 is 0. The quantitative estimate of drug-likeness (QED) is 0.781. The van der Waals surface area contributed by atoms with Crippen LogP contribution in [0.15, 0.2) is 40.9 Å². The minimum absolute atomic E-state index is 0.616. The van der Waals surface area contributed by atoms with Gasteiger partial charge in [0.25, 0.3) is 0 Å². The van der Waals surface area contributed by atoms with Crippen LogP contribution in [-0.2, 0) is 18.3 Å². The van der Waals surface area contributed by atoms with Crippen molar-refractivity contribution in [2.75, 3.05) is 19.8 Å². The third-order valence-electron chi connectivity index (χ3n) is 4.57. The number of hydrogen-bond acceptors (Lipinski definition) is 4. The van der Waals surface area contributed by atoms with E-state index >= 15 is 0 Å². The number of ether oxygens (including phenoxy) is 1. The van der Waals surface area contributed by atoms with Gasteiger partial charge in [0, 0.05) is 43.9 Å². The number of fused-ring (bicyclic) bond motifs is 1. The maximum absolute atomic E-state index is 5.98. The molecule has 126 valence electrons. The summed E-state index contributed by atoms with van der Waals surface area (Å²) in [6.45, 7) is 3.55. The fourth-order valence-corrected chi connectivity index (χ4v) is 3.35. The van der Waals surface area contributed by atoms with Crippen molar-refractivity contribution in [1.82, 2.24) is 15.1 Å². The monoisotopic (exact) mass is 325 g/mol. The number of para-hydroxylation sites is 1. The molecule has 4 rings (SSSR count). The van der Waals surface area contributed by atoms with E-state index in [4.69, 9.17) is 9.15 Å². The van der Waals surface area contributed by atoms with Crippen LogP contribution in [0.5, 0.6) is 0 Å². The average molecular weight is 325 g/mol. The lowest BCUT2D eigenvalue weighted by Crippen LogP contribution is -2.28. The summed E-state index contributed by atoms with van der Waals surface area (Å²) in [7, 11) is 1.95. The summed E-state index contributed by atoms with van der Waals surface area (Å²) in [5.74, 6) is 1.44. The second-order valence-electron chi connectivity index (χ2n) is 6.54. The predicted octanol–water partition coefficient (Wildman–Crippen LogP) is 3.35. The summed E-state index contributed by atoms with van der Waals surface area (Å²) in [6.07, 6.45) is 4.48. The maximum atomic E-state index is 5.98. The number of nitrogens with zero attached hydrogens (tertiary/aromatic N) is 2. The van der Waals surface area contributed by atoms with Crippen molar-refractivity contribution in [3.05, 3.63) is 42.1 Å². The maximum Gasteiger partial charge on any atom is 0.156 e. The van der Waals surface area contributed by atoms with Crippen LogP contribution in [0.1, 0.15) is 18.4 Å². The molecular weight excluding hydrogens is 302 g/mol. The highest BCUT2D eigenvalue weighted by molar-refractivity contribution is 5.82. The van der Waals surface area contributed by atoms with Crippen molar-refractivity contribution in [1.29, 1.82) is 0 Å². The summed E-state index contributed by atoms with van der Waals surface area (Å²) in [6, 6.07) is 10.1. The molecule has 3 aromatic rings. The highest BCUT2D eigenvalue weighted by Gasteiger charge is 2.16. The van der Waals surface area contributed by atoms with Gasteiger partial charge in [0.1, 0.15) is 11.3 Å². The van der Waals surface area contributed by atoms with Crippen LogP contribution in [0.2, 0.25) is 0 Å². The molecule has 1 atom stereocenters. The van der Waals surface area contributed by atoms with Crippen LogP contribution < -0.4 is 5.32 Å². The van der Waals surface area contributed by atoms with E-state index in [1.807, 2.05) is 29.9 Å². The van der Waals surface area contributed by atoms with Crippen molar-refractivity contribution in [3.8, 4) is 11.5 Å². The molecule has 1 fully saturated rings. The predicted molar refractivity (Wildman–Crippen MR) is 93.7 cm³/mol. The van der Waals surface area contributed by atoms with E-state index in [2.05, 4.69) is 28.7 Å². The van der Waals surface area contributed by atoms with Crippen molar-refractivity contribution in [2.45, 2.75) is 19.4 Å². The Hall–Kier alpha value is -2.11. The fraction of sp³-hybridized carbons (Fsp3) is 0.421. The Morgan fingerprint density at radius 1 is 1.33 bits per heavy atom. The van der Waals surface area contributed by atoms with E-state index in [-0.39, 0.29) is 0 Å². The molecule has 1 aliphatic rings. The molecule has 0 saturated carbocycles. The molecule has 0 amide bonds. The summed E-state index contributed by atoms with van der Waals surface area (Å²) in [5.41, 5.74) is 2.98. The highest BCUT2D eigenvalue weighted by Crippen LogP contribution is 2.29. The molecule has 5 nitrogen and oxygen atoms in total. The second-order valence-corrected chi connectivity index (χ2v) is 6.54. The molecule has 1 aliphatic heterocycles. The van der Waals surface area contributed by atoms with Gasteiger partial charge in [-0.3, -0.25) is 4.68 Å². The third-order valence-corrected chi connectivity index (χ3v) is 4.57. The summed E-state index contributed by atoms with van der Waals surface area (Å²) < 4.78 is 13.4. The largest absolute Gasteiger partial charge is 0.454 e. The Balaban J connectivity index is 1.49. The first-order chi connectivity index (χ1) is 11.8. The number of rotatable bonds is 5. The number of furan rings is 1. The van der Waals surface area contributed by atoms with Crippen LogP contribution in [0, 0.1) is 5.92 Å². The number of nitrogens with one attached hydrogen (secondary N) is 1. The number of hydrogen-bond donors (Lipinski definition) is 1. The molecule has 5 heteroatoms. The molecular formula is C19H23N3O2. The minimum atomic E-state index is 0.616. The van der Waals surface area contributed by atoms with Crippen LogP contribution in [0.3, 0.4) is 0 Å². The van der Waals surface area contributed by atoms with Gasteiger partial charge in [-0.25, -0.2) is 0 Å². The van der Waals surface area contributed by atoms with Gasteiger partial charge < -0.3 is 14.5 Å². The Morgan fingerprint density at radius 2 is 2.25 bits per heavy atom. The standard InChI is InChI=1S/C19H23N3O2/c1-22-12-16(11-20-10-14-5-4-8-23-13-14)19(21-22)18-9-15-6-2-3-7-17(15)24-18/h2-3,6-7,9,12,14,20H,4-5,8,10-11,13H2,1H3/t14-/m1/s1. The lowest BCUT2D eigenvalue weighted by atomic mass is 10.0. The fourth-order valence-electron chi connectivity index (χ4n) is 3.35. The van der Waals surface area contributed by atoms with E-state index in [9.17, 15) is 0 Å². The van der Waals surface area contributed by atoms with Gasteiger partial charge in [-0.05, 0) is 30.9 Å². The van der Waals surface area contributed by atoms with Gasteiger partial charge in [0.15, 0.2) is 5.76 Å². The van der Waals surface area contributed by atoms with Gasteiger partial charge in [0.05, 0.1) is 6.61 Å². The summed E-state index contributed by atoms with van der Waals surface area (Å²) in [5, 5.41) is 9.26. The van der Waals surface area contributed by atoms with E-state index < -0.39 is 0 Å². The van der Waals surface area contributed by atoms with E-state index in [1.165, 1.54) is 12.8 Å². The van der Waals surface area contributed by atoms with E-state index in [0.29, 0.717) is 5.92 Å². The zero-order chi connectivity index (χ0) is 16.4. The topological polar surface area (TPSA) is 52.2 Å². The molecule has 1 aromatic carbocycles. The third kappa shape index (κ3) is 3.23. The number of aryl methyl sites for hydroxylation is 1. The molecule has 0 radical (unpaired) electrons. The Morgan fingerprint density at radius 3 is 3.08 bits per heavy atom. The van der Waals surface area contributed by atoms with E-state index in [1.54, 1.807) is 0 Å². The molecule has 3 heterocycles. The van der Waals surface area contributed by atoms with E-state index in [0.717, 1.165) is 54.3 Å². The number of aromatic nitrogens is 2. The molecule has 0 spiro atoms. The highest BCUT2D eigenvalue weighted by atomic mass is 16.5. The molecule has 0 aliphatic carbocycles. The van der Waals surface area contributed by atoms with Crippen molar-refractivity contribution < 1.29 is 9.15 Å². The zero-order valence-corrected chi connectivity index (χ0v) is 14.0. The Labute approximate surface area is 141 Å². The zero-order valence-electron chi connectivity index (χ0n) is 14.0. The van der Waals surface area contributed by atoms with Gasteiger partial charge in [-0.2, -0.15) is 5.10 Å². The normalized spacial score (nSPS) is 18.3. The van der Waals surface area contributed by atoms with Crippen molar-refractivity contribution in [3.63, 3.8) is 0 Å². The molecule has 1 saturated heterocycles. The minimum Gasteiger partial charge on any atom is -0.454 e. The van der Waals surface area contributed by atoms with Gasteiger partial charge in [0.2, 0.25) is 0 Å². The van der Waals surface area contributed by atoms with Crippen LogP contribution in [-0.4, -0.2) is 29.5 Å². The molecule has 0 bridgehead atoms. The average Bonchev–Trinajstić information content (AvgIpc) is 3.19. The molecule has 2 aromatic heterocycles. The molecule has 24 heavy (non-hydrogen) atoms. The summed E-state index contributed by atoms with van der Waals surface area (Å²) in [4.78, 5) is 0. The first-order valence-electron chi connectivity index (χ1n) is 8.59. The van der Waals surface area contributed by atoms with Gasteiger partial charge in [-0.15, -0.1) is 0 Å². The van der Waals surface area contributed by atoms with Gasteiger partial charge in [-0.1, -0.05) is 18.2 Å². The SMILES string of the molecule is Cn1cc(CNC[C@H]2CCCOC2)c(-c2cc3ccccc3o2)n1. The van der Waals surface area contributed by atoms with Crippen molar-refractivity contribution >= 4 is 11.0 Å². The Bertz CT molecular complexity index is 782. The first kappa shape index (κ1) is 15.4.